The Balaban J connectivity index is 1.82. The maximum absolute atomic E-state index is 12.9. The van der Waals surface area contributed by atoms with E-state index in [0.717, 1.165) is 0 Å². The Morgan fingerprint density at radius 1 is 1.24 bits per heavy atom. The van der Waals surface area contributed by atoms with E-state index in [1.165, 1.54) is 36.0 Å². The van der Waals surface area contributed by atoms with Gasteiger partial charge in [0.1, 0.15) is 17.6 Å². The van der Waals surface area contributed by atoms with Gasteiger partial charge in [0, 0.05) is 5.56 Å². The highest BCUT2D eigenvalue weighted by Gasteiger charge is 2.24. The zero-order chi connectivity index (χ0) is 17.6. The number of aliphatic imine (C=N–C) groups is 1. The number of amides is 1. The van der Waals surface area contributed by atoms with Crippen LogP contribution in [0.3, 0.4) is 0 Å². The number of ether oxygens (including phenoxy) is 1. The Morgan fingerprint density at radius 2 is 2.00 bits per heavy atom. The van der Waals surface area contributed by atoms with Crippen LogP contribution in [0.5, 0.6) is 5.75 Å². The summed E-state index contributed by atoms with van der Waals surface area (Å²) in [6.45, 7) is -0.0726. The quantitative estimate of drug-likeness (QED) is 0.852. The molecule has 0 unspecified atom stereocenters. The third-order valence-corrected chi connectivity index (χ3v) is 4.12. The number of hydrogen-bond acceptors (Lipinski definition) is 5. The molecule has 3 rings (SSSR count). The highest BCUT2D eigenvalue weighted by atomic mass is 32.2. The fourth-order valence-electron chi connectivity index (χ4n) is 2.10. The lowest BCUT2D eigenvalue weighted by Crippen LogP contribution is -2.19. The zero-order valence-corrected chi connectivity index (χ0v) is 13.7. The van der Waals surface area contributed by atoms with Crippen LogP contribution in [0.1, 0.15) is 5.56 Å². The topological polar surface area (TPSA) is 74.5 Å². The molecular formula is C18H12FN3O2S. The van der Waals surface area contributed by atoms with Gasteiger partial charge >= 0.3 is 0 Å². The molecule has 2 aromatic rings. The van der Waals surface area contributed by atoms with Gasteiger partial charge < -0.3 is 10.1 Å². The highest BCUT2D eigenvalue weighted by Crippen LogP contribution is 2.30. The molecule has 2 aromatic carbocycles. The van der Waals surface area contributed by atoms with Gasteiger partial charge in [-0.05, 0) is 48.2 Å². The third-order valence-electron chi connectivity index (χ3n) is 3.21. The second-order valence-corrected chi connectivity index (χ2v) is 5.97. The summed E-state index contributed by atoms with van der Waals surface area (Å²) in [4.78, 5) is 16.9. The number of thioether (sulfide) groups is 1. The number of para-hydroxylation sites is 1. The van der Waals surface area contributed by atoms with Crippen LogP contribution >= 0.6 is 11.8 Å². The van der Waals surface area contributed by atoms with Crippen molar-refractivity contribution in [2.45, 2.75) is 0 Å². The standard InChI is InChI=1S/C18H12FN3O2S/c19-13-5-7-14(8-6-13)21-18-22-17(23)16(25-18)11-12-3-1-2-4-15(12)24-10-9-20/h1-8,11H,10H2,(H,21,22,23)/b16-11-. The summed E-state index contributed by atoms with van der Waals surface area (Å²) in [5.74, 6) is -0.101. The molecule has 25 heavy (non-hydrogen) atoms. The number of nitriles is 1. The van der Waals surface area contributed by atoms with Crippen molar-refractivity contribution in [3.63, 3.8) is 0 Å². The van der Waals surface area contributed by atoms with Crippen LogP contribution in [0.2, 0.25) is 0 Å². The lowest BCUT2D eigenvalue weighted by molar-refractivity contribution is -0.115. The Morgan fingerprint density at radius 3 is 2.76 bits per heavy atom. The molecule has 0 aromatic heterocycles. The second kappa shape index (κ2) is 7.64. The molecule has 7 heteroatoms. The van der Waals surface area contributed by atoms with Crippen molar-refractivity contribution >= 4 is 34.6 Å². The summed E-state index contributed by atoms with van der Waals surface area (Å²) >= 11 is 1.18. The van der Waals surface area contributed by atoms with Crippen molar-refractivity contribution in [2.24, 2.45) is 4.99 Å². The van der Waals surface area contributed by atoms with Crippen LogP contribution in [0.25, 0.3) is 6.08 Å². The van der Waals surface area contributed by atoms with E-state index in [-0.39, 0.29) is 18.3 Å². The normalized spacial score (nSPS) is 16.7. The minimum absolute atomic E-state index is 0.0726. The Labute approximate surface area is 147 Å². The fourth-order valence-corrected chi connectivity index (χ4v) is 2.93. The molecule has 1 amide bonds. The average Bonchev–Trinajstić information content (AvgIpc) is 2.95. The summed E-state index contributed by atoms with van der Waals surface area (Å²) in [5, 5.41) is 11.7. The maximum Gasteiger partial charge on any atom is 0.264 e. The summed E-state index contributed by atoms with van der Waals surface area (Å²) in [6, 6.07) is 14.7. The molecule has 0 aliphatic carbocycles. The number of hydrogen-bond donors (Lipinski definition) is 1. The molecule has 1 N–H and O–H groups in total. The van der Waals surface area contributed by atoms with Gasteiger partial charge in [0.2, 0.25) is 0 Å². The summed E-state index contributed by atoms with van der Waals surface area (Å²) in [7, 11) is 0. The van der Waals surface area contributed by atoms with Gasteiger partial charge in [0.05, 0.1) is 10.6 Å². The Hall–Kier alpha value is -3.11. The molecular weight excluding hydrogens is 341 g/mol. The predicted molar refractivity (Wildman–Crippen MR) is 94.8 cm³/mol. The highest BCUT2D eigenvalue weighted by molar-refractivity contribution is 8.18. The smallest absolute Gasteiger partial charge is 0.264 e. The van der Waals surface area contributed by atoms with Gasteiger partial charge in [-0.15, -0.1) is 0 Å². The monoisotopic (exact) mass is 353 g/mol. The van der Waals surface area contributed by atoms with E-state index in [4.69, 9.17) is 10.00 Å². The van der Waals surface area contributed by atoms with E-state index in [1.807, 2.05) is 12.1 Å². The van der Waals surface area contributed by atoms with Crippen molar-refractivity contribution in [2.75, 3.05) is 6.61 Å². The van der Waals surface area contributed by atoms with Crippen LogP contribution in [0.15, 0.2) is 58.4 Å². The van der Waals surface area contributed by atoms with Crippen molar-refractivity contribution in [3.8, 4) is 11.8 Å². The predicted octanol–water partition coefficient (Wildman–Crippen LogP) is 3.62. The number of carbonyl (C=O) groups excluding carboxylic acids is 1. The lowest BCUT2D eigenvalue weighted by Gasteiger charge is -2.05. The number of nitrogens with zero attached hydrogens (tertiary/aromatic N) is 2. The van der Waals surface area contributed by atoms with E-state index in [0.29, 0.717) is 27.1 Å². The molecule has 0 saturated carbocycles. The first-order valence-electron chi connectivity index (χ1n) is 7.29. The zero-order valence-electron chi connectivity index (χ0n) is 12.9. The fraction of sp³-hybridized carbons (Fsp3) is 0.0556. The number of nitrogens with one attached hydrogen (secondary N) is 1. The molecule has 1 heterocycles. The molecule has 0 bridgehead atoms. The summed E-state index contributed by atoms with van der Waals surface area (Å²) < 4.78 is 18.3. The van der Waals surface area contributed by atoms with E-state index in [2.05, 4.69) is 10.3 Å². The number of amidine groups is 1. The molecule has 0 atom stereocenters. The molecule has 1 aliphatic heterocycles. The van der Waals surface area contributed by atoms with Crippen molar-refractivity contribution in [3.05, 3.63) is 64.8 Å². The van der Waals surface area contributed by atoms with E-state index < -0.39 is 0 Å². The van der Waals surface area contributed by atoms with Crippen molar-refractivity contribution in [1.29, 1.82) is 5.26 Å². The number of rotatable bonds is 4. The number of benzene rings is 2. The lowest BCUT2D eigenvalue weighted by atomic mass is 10.2. The molecule has 0 radical (unpaired) electrons. The average molecular weight is 353 g/mol. The molecule has 0 spiro atoms. The second-order valence-electron chi connectivity index (χ2n) is 4.94. The molecule has 1 fully saturated rings. The first-order chi connectivity index (χ1) is 12.2. The number of carbonyl (C=O) groups is 1. The van der Waals surface area contributed by atoms with Crippen LogP contribution in [0.4, 0.5) is 10.1 Å². The van der Waals surface area contributed by atoms with Gasteiger partial charge in [-0.1, -0.05) is 18.2 Å². The minimum Gasteiger partial charge on any atom is -0.478 e. The van der Waals surface area contributed by atoms with E-state index >= 15 is 0 Å². The Kier molecular flexibility index (Phi) is 5.11. The summed E-state index contributed by atoms with van der Waals surface area (Å²) in [5.41, 5.74) is 1.24. The molecule has 5 nitrogen and oxygen atoms in total. The van der Waals surface area contributed by atoms with Crippen LogP contribution in [-0.4, -0.2) is 17.7 Å². The molecule has 124 valence electrons. The van der Waals surface area contributed by atoms with Crippen LogP contribution in [-0.2, 0) is 4.79 Å². The Bertz CT molecular complexity index is 901. The molecule has 1 aliphatic rings. The van der Waals surface area contributed by atoms with Crippen molar-refractivity contribution in [1.82, 2.24) is 5.32 Å². The van der Waals surface area contributed by atoms with E-state index in [9.17, 15) is 9.18 Å². The third kappa shape index (κ3) is 4.25. The van der Waals surface area contributed by atoms with E-state index in [1.54, 1.807) is 24.3 Å². The minimum atomic E-state index is -0.346. The van der Waals surface area contributed by atoms with Gasteiger partial charge in [-0.2, -0.15) is 5.26 Å². The van der Waals surface area contributed by atoms with Crippen molar-refractivity contribution < 1.29 is 13.9 Å². The SMILES string of the molecule is N#CCOc1ccccc1/C=C1\SC(=Nc2ccc(F)cc2)NC1=O. The van der Waals surface area contributed by atoms with Crippen LogP contribution < -0.4 is 10.1 Å². The van der Waals surface area contributed by atoms with Gasteiger partial charge in [-0.25, -0.2) is 9.38 Å². The first kappa shape index (κ1) is 16.7. The summed E-state index contributed by atoms with van der Waals surface area (Å²) in [6.07, 6.45) is 1.68. The van der Waals surface area contributed by atoms with Gasteiger partial charge in [-0.3, -0.25) is 4.79 Å². The molecule has 1 saturated heterocycles. The van der Waals surface area contributed by atoms with Gasteiger partial charge in [0.25, 0.3) is 5.91 Å². The first-order valence-corrected chi connectivity index (χ1v) is 8.11. The maximum atomic E-state index is 12.9. The van der Waals surface area contributed by atoms with Gasteiger partial charge in [0.15, 0.2) is 11.8 Å². The largest absolute Gasteiger partial charge is 0.478 e. The number of halogens is 1. The van der Waals surface area contributed by atoms with Crippen LogP contribution in [0, 0.1) is 17.1 Å².